The van der Waals surface area contributed by atoms with Crippen LogP contribution in [0.4, 0.5) is 11.4 Å². The average molecular weight is 333 g/mol. The van der Waals surface area contributed by atoms with Gasteiger partial charge in [-0.15, -0.1) is 12.4 Å². The van der Waals surface area contributed by atoms with Crippen molar-refractivity contribution < 1.29 is 0 Å². The zero-order valence-corrected chi connectivity index (χ0v) is 14.3. The lowest BCUT2D eigenvalue weighted by Crippen LogP contribution is -1.97. The number of anilines is 2. The summed E-state index contributed by atoms with van der Waals surface area (Å²) in [5.41, 5.74) is 6.36. The minimum absolute atomic E-state index is 0. The van der Waals surface area contributed by atoms with Crippen LogP contribution in [0, 0.1) is 20.8 Å². The number of halogens is 2. The molecule has 0 atom stereocenters. The summed E-state index contributed by atoms with van der Waals surface area (Å²) in [7, 11) is 0. The molecule has 1 aromatic heterocycles. The van der Waals surface area contributed by atoms with Gasteiger partial charge in [0.05, 0.1) is 5.52 Å². The van der Waals surface area contributed by atoms with Gasteiger partial charge in [0.1, 0.15) is 0 Å². The first kappa shape index (κ1) is 16.6. The van der Waals surface area contributed by atoms with E-state index in [1.807, 2.05) is 32.0 Å². The van der Waals surface area contributed by atoms with Crippen molar-refractivity contribution in [2.75, 3.05) is 5.32 Å². The number of nitrogens with one attached hydrogen (secondary N) is 1. The molecule has 0 aliphatic rings. The molecule has 3 rings (SSSR count). The number of para-hydroxylation sites is 1. The fourth-order valence-corrected chi connectivity index (χ4v) is 2.69. The number of nitrogens with zero attached hydrogens (tertiary/aromatic N) is 1. The molecule has 2 aromatic carbocycles. The van der Waals surface area contributed by atoms with Gasteiger partial charge in [0.25, 0.3) is 0 Å². The second kappa shape index (κ2) is 6.55. The summed E-state index contributed by atoms with van der Waals surface area (Å²) in [4.78, 5) is 4.65. The normalized spacial score (nSPS) is 10.4. The highest BCUT2D eigenvalue weighted by atomic mass is 35.5. The van der Waals surface area contributed by atoms with Gasteiger partial charge in [-0.1, -0.05) is 35.9 Å². The van der Waals surface area contributed by atoms with Gasteiger partial charge in [-0.05, 0) is 50.1 Å². The molecule has 0 radical (unpaired) electrons. The Morgan fingerprint density at radius 2 is 1.68 bits per heavy atom. The Morgan fingerprint density at radius 1 is 0.955 bits per heavy atom. The van der Waals surface area contributed by atoms with Crippen LogP contribution in [0.2, 0.25) is 5.02 Å². The van der Waals surface area contributed by atoms with Crippen LogP contribution in [0.1, 0.15) is 16.8 Å². The first-order chi connectivity index (χ1) is 10.1. The number of hydrogen-bond donors (Lipinski definition) is 1. The number of aromatic nitrogens is 1. The van der Waals surface area contributed by atoms with Crippen molar-refractivity contribution in [2.45, 2.75) is 20.8 Å². The van der Waals surface area contributed by atoms with E-state index in [4.69, 9.17) is 11.6 Å². The maximum absolute atomic E-state index is 6.20. The quantitative estimate of drug-likeness (QED) is 0.624. The molecule has 0 aliphatic heterocycles. The molecule has 0 fully saturated rings. The predicted octanol–water partition coefficient (Wildman–Crippen LogP) is 5.98. The highest BCUT2D eigenvalue weighted by molar-refractivity contribution is 6.31. The Bertz CT molecular complexity index is 829. The van der Waals surface area contributed by atoms with E-state index in [0.29, 0.717) is 0 Å². The third-order valence-electron chi connectivity index (χ3n) is 3.71. The molecule has 0 amide bonds. The van der Waals surface area contributed by atoms with Crippen LogP contribution in [-0.2, 0) is 0 Å². The number of rotatable bonds is 2. The SMILES string of the molecule is Cc1cc(Nc2cccc(Cl)c2C)c2cccc(C)c2n1.Cl. The van der Waals surface area contributed by atoms with Crippen molar-refractivity contribution in [3.63, 3.8) is 0 Å². The van der Waals surface area contributed by atoms with Crippen molar-refractivity contribution in [3.8, 4) is 0 Å². The van der Waals surface area contributed by atoms with E-state index in [2.05, 4.69) is 41.5 Å². The highest BCUT2D eigenvalue weighted by Gasteiger charge is 2.08. The minimum atomic E-state index is 0. The molecular weight excluding hydrogens is 315 g/mol. The lowest BCUT2D eigenvalue weighted by molar-refractivity contribution is 1.24. The van der Waals surface area contributed by atoms with Crippen LogP contribution < -0.4 is 5.32 Å². The van der Waals surface area contributed by atoms with E-state index < -0.39 is 0 Å². The number of hydrogen-bond acceptors (Lipinski definition) is 2. The zero-order valence-electron chi connectivity index (χ0n) is 12.8. The van der Waals surface area contributed by atoms with Crippen molar-refractivity contribution in [3.05, 3.63) is 64.3 Å². The Morgan fingerprint density at radius 3 is 2.45 bits per heavy atom. The molecule has 1 heterocycles. The third-order valence-corrected chi connectivity index (χ3v) is 4.12. The fraction of sp³-hybridized carbons (Fsp3) is 0.167. The van der Waals surface area contributed by atoms with E-state index >= 15 is 0 Å². The summed E-state index contributed by atoms with van der Waals surface area (Å²) in [5, 5.41) is 5.39. The van der Waals surface area contributed by atoms with Gasteiger partial charge in [0, 0.05) is 27.5 Å². The van der Waals surface area contributed by atoms with E-state index in [1.54, 1.807) is 0 Å². The molecule has 4 heteroatoms. The number of pyridine rings is 1. The van der Waals surface area contributed by atoms with E-state index in [-0.39, 0.29) is 12.4 Å². The van der Waals surface area contributed by atoms with Crippen LogP contribution in [0.25, 0.3) is 10.9 Å². The van der Waals surface area contributed by atoms with Crippen LogP contribution in [0.15, 0.2) is 42.5 Å². The molecule has 0 saturated carbocycles. The molecular formula is C18H18Cl2N2. The van der Waals surface area contributed by atoms with Crippen LogP contribution >= 0.6 is 24.0 Å². The molecule has 2 nitrogen and oxygen atoms in total. The number of aryl methyl sites for hydroxylation is 2. The molecule has 0 aliphatic carbocycles. The topological polar surface area (TPSA) is 24.9 Å². The molecule has 1 N–H and O–H groups in total. The maximum Gasteiger partial charge on any atom is 0.0755 e. The van der Waals surface area contributed by atoms with Crippen LogP contribution in [-0.4, -0.2) is 4.98 Å². The zero-order chi connectivity index (χ0) is 15.0. The van der Waals surface area contributed by atoms with Gasteiger partial charge < -0.3 is 5.32 Å². The highest BCUT2D eigenvalue weighted by Crippen LogP contribution is 2.31. The minimum Gasteiger partial charge on any atom is -0.355 e. The predicted molar refractivity (Wildman–Crippen MR) is 97.9 cm³/mol. The first-order valence-corrected chi connectivity index (χ1v) is 7.33. The summed E-state index contributed by atoms with van der Waals surface area (Å²) in [5.74, 6) is 0. The van der Waals surface area contributed by atoms with E-state index in [9.17, 15) is 0 Å². The fourth-order valence-electron chi connectivity index (χ4n) is 2.51. The summed E-state index contributed by atoms with van der Waals surface area (Å²) in [6, 6.07) is 14.2. The third kappa shape index (κ3) is 3.03. The lowest BCUT2D eigenvalue weighted by Gasteiger charge is -2.14. The van der Waals surface area contributed by atoms with Gasteiger partial charge in [-0.3, -0.25) is 4.98 Å². The summed E-state index contributed by atoms with van der Waals surface area (Å²) < 4.78 is 0. The van der Waals surface area contributed by atoms with E-state index in [0.717, 1.165) is 38.6 Å². The van der Waals surface area contributed by atoms with Crippen LogP contribution in [0.5, 0.6) is 0 Å². The van der Waals surface area contributed by atoms with Gasteiger partial charge >= 0.3 is 0 Å². The Labute approximate surface area is 141 Å². The summed E-state index contributed by atoms with van der Waals surface area (Å²) >= 11 is 6.20. The standard InChI is InChI=1S/C18H17ClN2.ClH/c1-11-6-4-7-14-17(10-12(2)20-18(11)14)21-16-9-5-8-15(19)13(16)3;/h4-10H,1-3H3,(H,20,21);1H. The maximum atomic E-state index is 6.20. The van der Waals surface area contributed by atoms with E-state index in [1.165, 1.54) is 5.56 Å². The van der Waals surface area contributed by atoms with Gasteiger partial charge in [-0.25, -0.2) is 0 Å². The smallest absolute Gasteiger partial charge is 0.0755 e. The van der Waals surface area contributed by atoms with Crippen molar-refractivity contribution in [1.82, 2.24) is 4.98 Å². The van der Waals surface area contributed by atoms with Crippen molar-refractivity contribution in [2.24, 2.45) is 0 Å². The van der Waals surface area contributed by atoms with Crippen molar-refractivity contribution >= 4 is 46.3 Å². The first-order valence-electron chi connectivity index (χ1n) is 6.95. The molecule has 114 valence electrons. The second-order valence-electron chi connectivity index (χ2n) is 5.32. The Hall–Kier alpha value is -1.77. The number of benzene rings is 2. The summed E-state index contributed by atoms with van der Waals surface area (Å²) in [6.07, 6.45) is 0. The molecule has 3 aromatic rings. The molecule has 22 heavy (non-hydrogen) atoms. The monoisotopic (exact) mass is 332 g/mol. The molecule has 0 saturated heterocycles. The Kier molecular flexibility index (Phi) is 4.94. The largest absolute Gasteiger partial charge is 0.355 e. The van der Waals surface area contributed by atoms with Crippen molar-refractivity contribution in [1.29, 1.82) is 0 Å². The van der Waals surface area contributed by atoms with Gasteiger partial charge in [-0.2, -0.15) is 0 Å². The van der Waals surface area contributed by atoms with Gasteiger partial charge in [0.15, 0.2) is 0 Å². The summed E-state index contributed by atoms with van der Waals surface area (Å²) in [6.45, 7) is 6.12. The lowest BCUT2D eigenvalue weighted by atomic mass is 10.1. The van der Waals surface area contributed by atoms with Crippen LogP contribution in [0.3, 0.4) is 0 Å². The molecule has 0 bridgehead atoms. The second-order valence-corrected chi connectivity index (χ2v) is 5.73. The Balaban J connectivity index is 0.00000176. The number of fused-ring (bicyclic) bond motifs is 1. The van der Waals surface area contributed by atoms with Gasteiger partial charge in [0.2, 0.25) is 0 Å². The molecule has 0 unspecified atom stereocenters. The molecule has 0 spiro atoms. The average Bonchev–Trinajstić information content (AvgIpc) is 2.45.